The maximum absolute atomic E-state index is 13.0. The van der Waals surface area contributed by atoms with E-state index in [1.165, 1.54) is 32.4 Å². The summed E-state index contributed by atoms with van der Waals surface area (Å²) in [6.45, 7) is 1.66. The van der Waals surface area contributed by atoms with Gasteiger partial charge in [-0.3, -0.25) is 19.2 Å². The zero-order valence-electron chi connectivity index (χ0n) is 17.0. The lowest BCUT2D eigenvalue weighted by Crippen LogP contribution is -2.47. The van der Waals surface area contributed by atoms with Crippen LogP contribution in [0.15, 0.2) is 42.5 Å². The Kier molecular flexibility index (Phi) is 7.22. The van der Waals surface area contributed by atoms with Crippen molar-refractivity contribution in [1.29, 1.82) is 0 Å². The molecule has 0 saturated heterocycles. The van der Waals surface area contributed by atoms with E-state index in [2.05, 4.69) is 5.32 Å². The van der Waals surface area contributed by atoms with Crippen LogP contribution in [0.4, 0.5) is 17.1 Å². The number of sulfonamides is 1. The summed E-state index contributed by atoms with van der Waals surface area (Å²) in [6.07, 6.45) is 1.14. The van der Waals surface area contributed by atoms with Gasteiger partial charge in [-0.05, 0) is 24.6 Å². The van der Waals surface area contributed by atoms with Crippen LogP contribution in [-0.2, 0) is 14.8 Å². The smallest absolute Gasteiger partial charge is 0.271 e. The molecule has 0 heterocycles. The van der Waals surface area contributed by atoms with Crippen molar-refractivity contribution in [1.82, 2.24) is 0 Å². The van der Waals surface area contributed by atoms with Gasteiger partial charge in [0.1, 0.15) is 17.5 Å². The first kappa shape index (κ1) is 22.9. The predicted molar refractivity (Wildman–Crippen MR) is 113 cm³/mol. The van der Waals surface area contributed by atoms with E-state index in [0.29, 0.717) is 5.75 Å². The number of amides is 1. The fourth-order valence-corrected chi connectivity index (χ4v) is 4.13. The summed E-state index contributed by atoms with van der Waals surface area (Å²) in [4.78, 5) is 23.5. The average Bonchev–Trinajstić information content (AvgIpc) is 2.70. The molecule has 0 aromatic heterocycles. The first-order valence-electron chi connectivity index (χ1n) is 8.89. The molecule has 11 heteroatoms. The highest BCUT2D eigenvalue weighted by molar-refractivity contribution is 7.92. The van der Waals surface area contributed by atoms with Crippen LogP contribution in [0.3, 0.4) is 0 Å². The zero-order chi connectivity index (χ0) is 22.5. The van der Waals surface area contributed by atoms with E-state index in [1.807, 2.05) is 0 Å². The highest BCUT2D eigenvalue weighted by Gasteiger charge is 2.32. The number of carbonyl (C=O) groups is 1. The topological polar surface area (TPSA) is 128 Å². The van der Waals surface area contributed by atoms with Crippen LogP contribution in [0.2, 0.25) is 0 Å². The van der Waals surface area contributed by atoms with Gasteiger partial charge in [0.15, 0.2) is 0 Å². The second-order valence-electron chi connectivity index (χ2n) is 6.32. The molecule has 0 unspecified atom stereocenters. The second-order valence-corrected chi connectivity index (χ2v) is 8.17. The zero-order valence-corrected chi connectivity index (χ0v) is 17.8. The lowest BCUT2D eigenvalue weighted by atomic mass is 10.1. The summed E-state index contributed by atoms with van der Waals surface area (Å²) in [6, 6.07) is 8.95. The molecule has 0 aliphatic carbocycles. The number of hydrogen-bond donors (Lipinski definition) is 1. The lowest BCUT2D eigenvalue weighted by Gasteiger charge is -2.30. The van der Waals surface area contributed by atoms with Crippen LogP contribution < -0.4 is 19.1 Å². The molecule has 10 nitrogen and oxygen atoms in total. The number of benzene rings is 2. The summed E-state index contributed by atoms with van der Waals surface area (Å²) in [5.74, 6) is -0.0302. The highest BCUT2D eigenvalue weighted by atomic mass is 32.2. The summed E-state index contributed by atoms with van der Waals surface area (Å²) in [7, 11) is -1.05. The summed E-state index contributed by atoms with van der Waals surface area (Å²) in [5.41, 5.74) is 0.0750. The van der Waals surface area contributed by atoms with Gasteiger partial charge in [0, 0.05) is 18.2 Å². The molecule has 0 spiro atoms. The van der Waals surface area contributed by atoms with Crippen molar-refractivity contribution >= 4 is 33.0 Å². The minimum Gasteiger partial charge on any atom is -0.497 e. The Morgan fingerprint density at radius 2 is 1.90 bits per heavy atom. The fourth-order valence-electron chi connectivity index (χ4n) is 2.93. The molecule has 0 saturated carbocycles. The Balaban J connectivity index is 2.46. The predicted octanol–water partition coefficient (Wildman–Crippen LogP) is 2.80. The molecule has 0 radical (unpaired) electrons. The third-order valence-electron chi connectivity index (χ3n) is 4.29. The molecule has 2 aromatic rings. The molecule has 0 fully saturated rings. The van der Waals surface area contributed by atoms with Gasteiger partial charge in [-0.1, -0.05) is 13.0 Å². The van der Waals surface area contributed by atoms with Crippen LogP contribution in [0.1, 0.15) is 13.3 Å². The largest absolute Gasteiger partial charge is 0.497 e. The molecule has 2 aromatic carbocycles. The highest BCUT2D eigenvalue weighted by Crippen LogP contribution is 2.31. The number of nitrogens with zero attached hydrogens (tertiary/aromatic N) is 2. The van der Waals surface area contributed by atoms with E-state index < -0.39 is 26.9 Å². The Hall–Kier alpha value is -3.34. The van der Waals surface area contributed by atoms with Gasteiger partial charge in [-0.2, -0.15) is 0 Å². The van der Waals surface area contributed by atoms with Gasteiger partial charge in [0.2, 0.25) is 15.9 Å². The molecule has 2 rings (SSSR count). The van der Waals surface area contributed by atoms with Crippen LogP contribution in [0.25, 0.3) is 0 Å². The maximum atomic E-state index is 13.0. The van der Waals surface area contributed by atoms with Crippen LogP contribution in [-0.4, -0.2) is 45.8 Å². The lowest BCUT2D eigenvalue weighted by molar-refractivity contribution is -0.384. The SMILES string of the molecule is CC[C@@H](C(=O)Nc1cc([N+](=O)[O-])ccc1OC)N(c1cccc(OC)c1)S(C)(=O)=O. The molecular weight excluding hydrogens is 414 g/mol. The first-order chi connectivity index (χ1) is 14.1. The van der Waals surface area contributed by atoms with Gasteiger partial charge in [-0.25, -0.2) is 8.42 Å². The third kappa shape index (κ3) is 5.17. The summed E-state index contributed by atoms with van der Waals surface area (Å²) in [5, 5.41) is 13.6. The number of carbonyl (C=O) groups excluding carboxylic acids is 1. The Bertz CT molecular complexity index is 1040. The van der Waals surface area contributed by atoms with Crippen molar-refractivity contribution in [3.63, 3.8) is 0 Å². The Labute approximate surface area is 174 Å². The number of hydrogen-bond acceptors (Lipinski definition) is 7. The van der Waals surface area contributed by atoms with Gasteiger partial charge in [0.05, 0.1) is 36.8 Å². The Morgan fingerprint density at radius 3 is 2.43 bits per heavy atom. The molecule has 0 bridgehead atoms. The standard InChI is InChI=1S/C19H23N3O7S/c1-5-17(21(30(4,26)27)13-7-6-8-15(11-13)28-2)19(23)20-16-12-14(22(24)25)9-10-18(16)29-3/h6-12,17H,5H2,1-4H3,(H,20,23)/t17-/m0/s1. The van der Waals surface area contributed by atoms with Crippen LogP contribution >= 0.6 is 0 Å². The molecule has 1 amide bonds. The monoisotopic (exact) mass is 437 g/mol. The van der Waals surface area contributed by atoms with Crippen molar-refractivity contribution < 1.29 is 27.6 Å². The first-order valence-corrected chi connectivity index (χ1v) is 10.7. The van der Waals surface area contributed by atoms with Crippen LogP contribution in [0, 0.1) is 10.1 Å². The van der Waals surface area contributed by atoms with Gasteiger partial charge in [-0.15, -0.1) is 0 Å². The van der Waals surface area contributed by atoms with Crippen molar-refractivity contribution in [2.45, 2.75) is 19.4 Å². The van der Waals surface area contributed by atoms with Crippen molar-refractivity contribution in [3.05, 3.63) is 52.6 Å². The van der Waals surface area contributed by atoms with E-state index in [4.69, 9.17) is 9.47 Å². The van der Waals surface area contributed by atoms with Gasteiger partial charge >= 0.3 is 0 Å². The van der Waals surface area contributed by atoms with Gasteiger partial charge in [0.25, 0.3) is 5.69 Å². The van der Waals surface area contributed by atoms with Crippen molar-refractivity contribution in [2.75, 3.05) is 30.1 Å². The number of methoxy groups -OCH3 is 2. The molecule has 0 aliphatic heterocycles. The third-order valence-corrected chi connectivity index (χ3v) is 5.47. The molecule has 1 atom stereocenters. The number of nitrogens with one attached hydrogen (secondary N) is 1. The number of nitro benzene ring substituents is 1. The Morgan fingerprint density at radius 1 is 1.20 bits per heavy atom. The van der Waals surface area contributed by atoms with Crippen molar-refractivity contribution in [2.24, 2.45) is 0 Å². The summed E-state index contributed by atoms with van der Waals surface area (Å²) >= 11 is 0. The second kappa shape index (κ2) is 9.44. The molecule has 30 heavy (non-hydrogen) atoms. The quantitative estimate of drug-likeness (QED) is 0.472. The number of rotatable bonds is 9. The van der Waals surface area contributed by atoms with Crippen LogP contribution in [0.5, 0.6) is 11.5 Å². The minimum absolute atomic E-state index is 0.0641. The van der Waals surface area contributed by atoms with Crippen molar-refractivity contribution in [3.8, 4) is 11.5 Å². The molecule has 1 N–H and O–H groups in total. The fraction of sp³-hybridized carbons (Fsp3) is 0.316. The molecule has 0 aliphatic rings. The van der Waals surface area contributed by atoms with E-state index in [9.17, 15) is 23.3 Å². The minimum atomic E-state index is -3.85. The molecular formula is C19H23N3O7S. The number of non-ortho nitro benzene ring substituents is 1. The maximum Gasteiger partial charge on any atom is 0.271 e. The van der Waals surface area contributed by atoms with E-state index in [0.717, 1.165) is 16.6 Å². The number of anilines is 2. The van der Waals surface area contributed by atoms with E-state index in [-0.39, 0.29) is 29.2 Å². The van der Waals surface area contributed by atoms with E-state index in [1.54, 1.807) is 25.1 Å². The van der Waals surface area contributed by atoms with E-state index >= 15 is 0 Å². The van der Waals surface area contributed by atoms with Gasteiger partial charge < -0.3 is 14.8 Å². The molecule has 162 valence electrons. The number of nitro groups is 1. The summed E-state index contributed by atoms with van der Waals surface area (Å²) < 4.78 is 36.4. The normalized spacial score (nSPS) is 12.0. The number of ether oxygens (including phenoxy) is 2. The average molecular weight is 437 g/mol.